The zero-order valence-corrected chi connectivity index (χ0v) is 13.6. The lowest BCUT2D eigenvalue weighted by Crippen LogP contribution is -3.17. The Balaban J connectivity index is 1.72. The van der Waals surface area contributed by atoms with Crippen molar-refractivity contribution in [2.24, 2.45) is 0 Å². The van der Waals surface area contributed by atoms with E-state index in [1.165, 1.54) is 37.1 Å². The Hall–Kier alpha value is -0.610. The summed E-state index contributed by atoms with van der Waals surface area (Å²) in [5, 5.41) is 10.9. The van der Waals surface area contributed by atoms with Crippen molar-refractivity contribution in [1.29, 1.82) is 0 Å². The molecule has 118 valence electrons. The molecule has 1 unspecified atom stereocenters. The zero-order valence-electron chi connectivity index (χ0n) is 12.9. The van der Waals surface area contributed by atoms with Gasteiger partial charge in [0.2, 0.25) is 0 Å². The van der Waals surface area contributed by atoms with Crippen LogP contribution in [0.5, 0.6) is 0 Å². The lowest BCUT2D eigenvalue weighted by Gasteiger charge is -2.33. The van der Waals surface area contributed by atoms with Gasteiger partial charge < -0.3 is 14.7 Å². The molecular weight excluding hydrogens is 286 g/mol. The minimum atomic E-state index is -0.394. The van der Waals surface area contributed by atoms with E-state index in [0.717, 1.165) is 17.1 Å². The van der Waals surface area contributed by atoms with E-state index in [1.54, 1.807) is 0 Å². The molecule has 0 aromatic heterocycles. The van der Waals surface area contributed by atoms with Crippen molar-refractivity contribution in [3.8, 4) is 0 Å². The molecule has 21 heavy (non-hydrogen) atoms. The van der Waals surface area contributed by atoms with Crippen molar-refractivity contribution >= 4 is 11.6 Å². The van der Waals surface area contributed by atoms with Gasteiger partial charge in [0.1, 0.15) is 12.6 Å². The van der Waals surface area contributed by atoms with Crippen LogP contribution in [-0.2, 0) is 11.3 Å². The molecule has 0 radical (unpaired) electrons. The average molecular weight is 313 g/mol. The SMILES string of the molecule is CC[C@H]1CCCC[NH+]1C[C@H](O)COCc1ccccc1Cl. The van der Waals surface area contributed by atoms with Crippen LogP contribution in [0.1, 0.15) is 38.2 Å². The van der Waals surface area contributed by atoms with Crippen LogP contribution in [0.3, 0.4) is 0 Å². The van der Waals surface area contributed by atoms with E-state index >= 15 is 0 Å². The topological polar surface area (TPSA) is 33.9 Å². The van der Waals surface area contributed by atoms with Crippen LogP contribution in [-0.4, -0.2) is 36.9 Å². The molecule has 3 atom stereocenters. The predicted octanol–water partition coefficient (Wildman–Crippen LogP) is 2.06. The number of nitrogens with one attached hydrogen (secondary N) is 1. The third kappa shape index (κ3) is 5.26. The summed E-state index contributed by atoms with van der Waals surface area (Å²) in [6.07, 6.45) is 4.71. The normalized spacial score (nSPS) is 24.0. The fourth-order valence-corrected chi connectivity index (χ4v) is 3.38. The highest BCUT2D eigenvalue weighted by Crippen LogP contribution is 2.15. The molecule has 1 fully saturated rings. The standard InChI is InChI=1S/C17H26ClNO2/c1-2-15-8-5-6-10-19(15)11-16(20)13-21-12-14-7-3-4-9-17(14)18/h3-4,7,9,15-16,20H,2,5-6,8,10-13H2,1H3/p+1/t15-,16-/m0/s1. The van der Waals surface area contributed by atoms with E-state index in [1.807, 2.05) is 24.3 Å². The van der Waals surface area contributed by atoms with Crippen LogP contribution in [0.15, 0.2) is 24.3 Å². The van der Waals surface area contributed by atoms with Gasteiger partial charge in [-0.3, -0.25) is 0 Å². The van der Waals surface area contributed by atoms with E-state index in [0.29, 0.717) is 19.3 Å². The number of hydrogen-bond donors (Lipinski definition) is 2. The highest BCUT2D eigenvalue weighted by atomic mass is 35.5. The third-order valence-corrected chi connectivity index (χ3v) is 4.76. The fraction of sp³-hybridized carbons (Fsp3) is 0.647. The van der Waals surface area contributed by atoms with Gasteiger partial charge in [0.15, 0.2) is 0 Å². The molecule has 1 saturated heterocycles. The molecule has 1 heterocycles. The maximum absolute atomic E-state index is 10.2. The van der Waals surface area contributed by atoms with Crippen molar-refractivity contribution in [3.05, 3.63) is 34.9 Å². The van der Waals surface area contributed by atoms with Gasteiger partial charge in [0.05, 0.1) is 25.8 Å². The third-order valence-electron chi connectivity index (χ3n) is 4.39. The van der Waals surface area contributed by atoms with Crippen molar-refractivity contribution in [3.63, 3.8) is 0 Å². The summed E-state index contributed by atoms with van der Waals surface area (Å²) in [4.78, 5) is 1.54. The highest BCUT2D eigenvalue weighted by Gasteiger charge is 2.26. The van der Waals surface area contributed by atoms with Crippen LogP contribution in [0.2, 0.25) is 5.02 Å². The average Bonchev–Trinajstić information content (AvgIpc) is 2.50. The quantitative estimate of drug-likeness (QED) is 0.808. The van der Waals surface area contributed by atoms with Crippen molar-refractivity contribution in [2.75, 3.05) is 19.7 Å². The predicted molar refractivity (Wildman–Crippen MR) is 85.7 cm³/mol. The minimum Gasteiger partial charge on any atom is -0.385 e. The summed E-state index contributed by atoms with van der Waals surface area (Å²) in [6, 6.07) is 8.38. The zero-order chi connectivity index (χ0) is 15.1. The summed E-state index contributed by atoms with van der Waals surface area (Å²) < 4.78 is 5.62. The molecule has 0 amide bonds. The van der Waals surface area contributed by atoms with Crippen LogP contribution in [0.4, 0.5) is 0 Å². The number of likely N-dealkylation sites (tertiary alicyclic amines) is 1. The number of aliphatic hydroxyl groups excluding tert-OH is 1. The number of aliphatic hydroxyl groups is 1. The lowest BCUT2D eigenvalue weighted by atomic mass is 10.00. The Morgan fingerprint density at radius 3 is 2.95 bits per heavy atom. The maximum atomic E-state index is 10.2. The van der Waals surface area contributed by atoms with Gasteiger partial charge in [0, 0.05) is 5.02 Å². The van der Waals surface area contributed by atoms with Gasteiger partial charge in [0.25, 0.3) is 0 Å². The van der Waals surface area contributed by atoms with E-state index in [9.17, 15) is 5.11 Å². The fourth-order valence-electron chi connectivity index (χ4n) is 3.19. The molecule has 1 aromatic carbocycles. The minimum absolute atomic E-state index is 0.380. The lowest BCUT2D eigenvalue weighted by molar-refractivity contribution is -0.933. The molecule has 2 rings (SSSR count). The van der Waals surface area contributed by atoms with Crippen LogP contribution < -0.4 is 4.90 Å². The smallest absolute Gasteiger partial charge is 0.126 e. The Morgan fingerprint density at radius 1 is 1.38 bits per heavy atom. The van der Waals surface area contributed by atoms with Gasteiger partial charge in [-0.2, -0.15) is 0 Å². The Bertz CT molecular complexity index is 427. The first-order valence-electron chi connectivity index (χ1n) is 8.04. The van der Waals surface area contributed by atoms with Crippen LogP contribution in [0, 0.1) is 0 Å². The number of ether oxygens (including phenoxy) is 1. The molecule has 0 bridgehead atoms. The van der Waals surface area contributed by atoms with E-state index in [2.05, 4.69) is 6.92 Å². The summed E-state index contributed by atoms with van der Waals surface area (Å²) in [7, 11) is 0. The largest absolute Gasteiger partial charge is 0.385 e. The van der Waals surface area contributed by atoms with E-state index in [-0.39, 0.29) is 0 Å². The maximum Gasteiger partial charge on any atom is 0.126 e. The van der Waals surface area contributed by atoms with Crippen LogP contribution in [0.25, 0.3) is 0 Å². The number of benzene rings is 1. The van der Waals surface area contributed by atoms with Crippen molar-refractivity contribution in [1.82, 2.24) is 0 Å². The van der Waals surface area contributed by atoms with E-state index < -0.39 is 6.10 Å². The molecule has 0 spiro atoms. The molecule has 1 aromatic rings. The first kappa shape index (κ1) is 16.8. The molecule has 1 aliphatic heterocycles. The van der Waals surface area contributed by atoms with Crippen molar-refractivity contribution < 1.29 is 14.7 Å². The van der Waals surface area contributed by atoms with Gasteiger partial charge in [-0.05, 0) is 37.3 Å². The molecular formula is C17H27ClNO2+. The van der Waals surface area contributed by atoms with E-state index in [4.69, 9.17) is 16.3 Å². The summed E-state index contributed by atoms with van der Waals surface area (Å²) >= 11 is 6.09. The molecule has 0 saturated carbocycles. The molecule has 0 aliphatic carbocycles. The summed E-state index contributed by atoms with van der Waals surface area (Å²) in [6.45, 7) is 5.06. The molecule has 4 heteroatoms. The second-order valence-electron chi connectivity index (χ2n) is 5.97. The molecule has 2 N–H and O–H groups in total. The van der Waals surface area contributed by atoms with Gasteiger partial charge >= 0.3 is 0 Å². The Labute approximate surface area is 132 Å². The molecule has 3 nitrogen and oxygen atoms in total. The number of hydrogen-bond acceptors (Lipinski definition) is 2. The summed E-state index contributed by atoms with van der Waals surface area (Å²) in [5.41, 5.74) is 0.975. The van der Waals surface area contributed by atoms with Gasteiger partial charge in [-0.1, -0.05) is 36.7 Å². The Morgan fingerprint density at radius 2 is 2.19 bits per heavy atom. The Kier molecular flexibility index (Phi) is 6.97. The molecule has 1 aliphatic rings. The second kappa shape index (κ2) is 8.74. The van der Waals surface area contributed by atoms with Crippen molar-refractivity contribution in [2.45, 2.75) is 51.4 Å². The number of piperidine rings is 1. The van der Waals surface area contributed by atoms with Gasteiger partial charge in [-0.25, -0.2) is 0 Å². The number of quaternary nitrogens is 1. The second-order valence-corrected chi connectivity index (χ2v) is 6.38. The first-order chi connectivity index (χ1) is 10.2. The first-order valence-corrected chi connectivity index (χ1v) is 8.42. The monoisotopic (exact) mass is 312 g/mol. The number of rotatable bonds is 7. The van der Waals surface area contributed by atoms with Crippen LogP contribution >= 0.6 is 11.6 Å². The number of halogens is 1. The van der Waals surface area contributed by atoms with Gasteiger partial charge in [-0.15, -0.1) is 0 Å². The highest BCUT2D eigenvalue weighted by molar-refractivity contribution is 6.31. The summed E-state index contributed by atoms with van der Waals surface area (Å²) in [5.74, 6) is 0.